The quantitative estimate of drug-likeness (QED) is 0.747. The van der Waals surface area contributed by atoms with Crippen LogP contribution < -0.4 is 10.6 Å². The molecule has 3 atom stereocenters. The van der Waals surface area contributed by atoms with Crippen LogP contribution >= 0.6 is 0 Å². The highest BCUT2D eigenvalue weighted by molar-refractivity contribution is 5.74. The molecule has 2 amide bonds. The summed E-state index contributed by atoms with van der Waals surface area (Å²) >= 11 is 0. The lowest BCUT2D eigenvalue weighted by Gasteiger charge is -2.21. The van der Waals surface area contributed by atoms with Crippen LogP contribution in [-0.4, -0.2) is 30.8 Å². The van der Waals surface area contributed by atoms with Crippen molar-refractivity contribution in [3.63, 3.8) is 0 Å². The Bertz CT molecular complexity index is 203. The van der Waals surface area contributed by atoms with Crippen molar-refractivity contribution < 1.29 is 9.53 Å². The van der Waals surface area contributed by atoms with E-state index in [1.807, 2.05) is 13.8 Å². The summed E-state index contributed by atoms with van der Waals surface area (Å²) in [4.78, 5) is 11.5. The van der Waals surface area contributed by atoms with Gasteiger partial charge in [0, 0.05) is 12.6 Å². The topological polar surface area (TPSA) is 50.4 Å². The molecule has 88 valence electrons. The largest absolute Gasteiger partial charge is 0.376 e. The summed E-state index contributed by atoms with van der Waals surface area (Å²) < 4.78 is 5.50. The number of carbonyl (C=O) groups is 1. The normalized spacial score (nSPS) is 24.6. The van der Waals surface area contributed by atoms with Crippen LogP contribution in [0.5, 0.6) is 0 Å². The Labute approximate surface area is 91.8 Å². The van der Waals surface area contributed by atoms with Gasteiger partial charge in [0.05, 0.1) is 12.1 Å². The molecule has 2 N–H and O–H groups in total. The Balaban J connectivity index is 2.24. The van der Waals surface area contributed by atoms with E-state index in [-0.39, 0.29) is 24.2 Å². The molecule has 1 saturated heterocycles. The van der Waals surface area contributed by atoms with E-state index in [1.54, 1.807) is 0 Å². The second kappa shape index (κ2) is 5.95. The molecule has 1 fully saturated rings. The molecule has 0 saturated carbocycles. The second-order valence-electron chi connectivity index (χ2n) is 4.27. The van der Waals surface area contributed by atoms with Gasteiger partial charge in [-0.05, 0) is 33.1 Å². The third-order valence-electron chi connectivity index (χ3n) is 2.87. The SMILES string of the molecule is CC[C@H](C)NC(=O)N[C@@H](C)[C@@H]1CCCO1. The van der Waals surface area contributed by atoms with Crippen LogP contribution in [-0.2, 0) is 4.74 Å². The van der Waals surface area contributed by atoms with E-state index in [1.165, 1.54) is 0 Å². The molecule has 4 heteroatoms. The van der Waals surface area contributed by atoms with E-state index >= 15 is 0 Å². The predicted molar refractivity (Wildman–Crippen MR) is 59.9 cm³/mol. The summed E-state index contributed by atoms with van der Waals surface area (Å²) in [6, 6.07) is 0.227. The lowest BCUT2D eigenvalue weighted by molar-refractivity contribution is 0.0859. The first kappa shape index (κ1) is 12.3. The maximum absolute atomic E-state index is 11.5. The van der Waals surface area contributed by atoms with Gasteiger partial charge in [-0.15, -0.1) is 0 Å². The summed E-state index contributed by atoms with van der Waals surface area (Å²) in [7, 11) is 0. The molecule has 15 heavy (non-hydrogen) atoms. The Morgan fingerprint density at radius 2 is 2.20 bits per heavy atom. The molecule has 0 aromatic heterocycles. The smallest absolute Gasteiger partial charge is 0.315 e. The molecule has 4 nitrogen and oxygen atoms in total. The van der Waals surface area contributed by atoms with Crippen LogP contribution in [0.25, 0.3) is 0 Å². The Morgan fingerprint density at radius 1 is 1.47 bits per heavy atom. The molecule has 1 heterocycles. The van der Waals surface area contributed by atoms with Crippen molar-refractivity contribution in [1.29, 1.82) is 0 Å². The Hall–Kier alpha value is -0.770. The van der Waals surface area contributed by atoms with Crippen molar-refractivity contribution in [3.8, 4) is 0 Å². The fraction of sp³-hybridized carbons (Fsp3) is 0.909. The van der Waals surface area contributed by atoms with Crippen LogP contribution in [0, 0.1) is 0 Å². The first-order valence-electron chi connectivity index (χ1n) is 5.82. The fourth-order valence-electron chi connectivity index (χ4n) is 1.66. The zero-order chi connectivity index (χ0) is 11.3. The lowest BCUT2D eigenvalue weighted by atomic mass is 10.1. The predicted octanol–water partition coefficient (Wildman–Crippen LogP) is 1.65. The van der Waals surface area contributed by atoms with E-state index in [0.29, 0.717) is 0 Å². The van der Waals surface area contributed by atoms with E-state index < -0.39 is 0 Å². The standard InChI is InChI=1S/C11H22N2O2/c1-4-8(2)12-11(14)13-9(3)10-6-5-7-15-10/h8-10H,4-7H2,1-3H3,(H2,12,13,14)/t8-,9-,10-/m0/s1. The fourth-order valence-corrected chi connectivity index (χ4v) is 1.66. The van der Waals surface area contributed by atoms with Gasteiger partial charge in [-0.3, -0.25) is 0 Å². The minimum atomic E-state index is -0.0904. The number of nitrogens with one attached hydrogen (secondary N) is 2. The average Bonchev–Trinajstić information content (AvgIpc) is 2.70. The Kier molecular flexibility index (Phi) is 4.88. The zero-order valence-corrected chi connectivity index (χ0v) is 9.88. The Morgan fingerprint density at radius 3 is 2.73 bits per heavy atom. The summed E-state index contributed by atoms with van der Waals surface area (Å²) in [5.74, 6) is 0. The van der Waals surface area contributed by atoms with Gasteiger partial charge in [-0.1, -0.05) is 6.92 Å². The second-order valence-corrected chi connectivity index (χ2v) is 4.27. The minimum Gasteiger partial charge on any atom is -0.376 e. The number of rotatable bonds is 4. The molecule has 0 radical (unpaired) electrons. The number of urea groups is 1. The molecule has 1 aliphatic heterocycles. The highest BCUT2D eigenvalue weighted by Gasteiger charge is 2.23. The molecule has 1 aliphatic rings. The zero-order valence-electron chi connectivity index (χ0n) is 9.88. The minimum absolute atomic E-state index is 0.0904. The number of hydrogen-bond donors (Lipinski definition) is 2. The molecule has 0 bridgehead atoms. The van der Waals surface area contributed by atoms with Crippen molar-refractivity contribution in [1.82, 2.24) is 10.6 Å². The summed E-state index contributed by atoms with van der Waals surface area (Å²) in [6.45, 7) is 6.86. The van der Waals surface area contributed by atoms with Gasteiger partial charge < -0.3 is 15.4 Å². The van der Waals surface area contributed by atoms with E-state index in [4.69, 9.17) is 4.74 Å². The third-order valence-corrected chi connectivity index (χ3v) is 2.87. The highest BCUT2D eigenvalue weighted by atomic mass is 16.5. The van der Waals surface area contributed by atoms with Crippen LogP contribution in [0.1, 0.15) is 40.0 Å². The number of ether oxygens (including phenoxy) is 1. The van der Waals surface area contributed by atoms with Crippen LogP contribution in [0.3, 0.4) is 0 Å². The van der Waals surface area contributed by atoms with Crippen molar-refractivity contribution in [2.75, 3.05) is 6.61 Å². The molecule has 0 aromatic rings. The van der Waals surface area contributed by atoms with Gasteiger partial charge >= 0.3 is 6.03 Å². The van der Waals surface area contributed by atoms with Crippen LogP contribution in [0.15, 0.2) is 0 Å². The van der Waals surface area contributed by atoms with Crippen molar-refractivity contribution in [3.05, 3.63) is 0 Å². The number of hydrogen-bond acceptors (Lipinski definition) is 2. The van der Waals surface area contributed by atoms with E-state index in [0.717, 1.165) is 25.9 Å². The monoisotopic (exact) mass is 214 g/mol. The molecule has 0 unspecified atom stereocenters. The third kappa shape index (κ3) is 4.08. The molecule has 1 rings (SSSR count). The van der Waals surface area contributed by atoms with Gasteiger partial charge in [-0.25, -0.2) is 4.79 Å². The molecule has 0 aliphatic carbocycles. The first-order valence-corrected chi connectivity index (χ1v) is 5.82. The van der Waals surface area contributed by atoms with Gasteiger partial charge in [-0.2, -0.15) is 0 Å². The van der Waals surface area contributed by atoms with E-state index in [9.17, 15) is 4.79 Å². The first-order chi connectivity index (χ1) is 7.13. The molecule has 0 aromatic carbocycles. The maximum atomic E-state index is 11.5. The highest BCUT2D eigenvalue weighted by Crippen LogP contribution is 2.15. The van der Waals surface area contributed by atoms with Crippen molar-refractivity contribution in [2.24, 2.45) is 0 Å². The molecular formula is C11H22N2O2. The van der Waals surface area contributed by atoms with Crippen molar-refractivity contribution >= 4 is 6.03 Å². The van der Waals surface area contributed by atoms with Gasteiger partial charge in [0.15, 0.2) is 0 Å². The summed E-state index contributed by atoms with van der Waals surface area (Å²) in [5.41, 5.74) is 0. The van der Waals surface area contributed by atoms with Crippen LogP contribution in [0.4, 0.5) is 4.79 Å². The summed E-state index contributed by atoms with van der Waals surface area (Å²) in [5, 5.41) is 5.79. The molecular weight excluding hydrogens is 192 g/mol. The average molecular weight is 214 g/mol. The van der Waals surface area contributed by atoms with Gasteiger partial charge in [0.2, 0.25) is 0 Å². The maximum Gasteiger partial charge on any atom is 0.315 e. The van der Waals surface area contributed by atoms with Gasteiger partial charge in [0.1, 0.15) is 0 Å². The number of carbonyl (C=O) groups excluding carboxylic acids is 1. The lowest BCUT2D eigenvalue weighted by Crippen LogP contribution is -2.48. The number of amides is 2. The molecule has 0 spiro atoms. The van der Waals surface area contributed by atoms with Gasteiger partial charge in [0.25, 0.3) is 0 Å². The summed E-state index contributed by atoms with van der Waals surface area (Å²) in [6.07, 6.45) is 3.28. The van der Waals surface area contributed by atoms with Crippen molar-refractivity contribution in [2.45, 2.75) is 58.2 Å². The van der Waals surface area contributed by atoms with Crippen LogP contribution in [0.2, 0.25) is 0 Å². The van der Waals surface area contributed by atoms with E-state index in [2.05, 4.69) is 17.6 Å².